The van der Waals surface area contributed by atoms with Crippen LogP contribution < -0.4 is 15.1 Å². The summed E-state index contributed by atoms with van der Waals surface area (Å²) in [4.78, 5) is 24.6. The first kappa shape index (κ1) is 26.0. The van der Waals surface area contributed by atoms with Gasteiger partial charge in [-0.2, -0.15) is 17.5 Å². The average Bonchev–Trinajstić information content (AvgIpc) is 3.01. The van der Waals surface area contributed by atoms with Crippen molar-refractivity contribution in [3.8, 4) is 17.6 Å². The number of carbonyl (C=O) groups is 2. The number of benzene rings is 2. The molecule has 35 heavy (non-hydrogen) atoms. The number of amides is 2. The quantitative estimate of drug-likeness (QED) is 0.361. The van der Waals surface area contributed by atoms with Crippen LogP contribution in [0, 0.1) is 11.8 Å². The van der Waals surface area contributed by atoms with Crippen LogP contribution in [0.25, 0.3) is 0 Å². The monoisotopic (exact) mass is 511 g/mol. The van der Waals surface area contributed by atoms with Gasteiger partial charge in [-0.3, -0.25) is 14.8 Å². The molecule has 1 heterocycles. The largest absolute Gasteiger partial charge is 0.481 e. The van der Waals surface area contributed by atoms with Gasteiger partial charge in [-0.15, -0.1) is 5.92 Å². The zero-order valence-electron chi connectivity index (χ0n) is 18.2. The Hall–Kier alpha value is -3.60. The molecule has 3 rings (SSSR count). The van der Waals surface area contributed by atoms with E-state index in [9.17, 15) is 36.4 Å². The van der Waals surface area contributed by atoms with Gasteiger partial charge in [0.15, 0.2) is 0 Å². The van der Waals surface area contributed by atoms with E-state index in [1.54, 1.807) is 6.92 Å². The molecule has 0 spiro atoms. The van der Waals surface area contributed by atoms with Crippen molar-refractivity contribution in [3.05, 3.63) is 54.1 Å². The van der Waals surface area contributed by atoms with Crippen LogP contribution in [0.15, 0.2) is 53.4 Å². The van der Waals surface area contributed by atoms with E-state index in [1.807, 2.05) is 0 Å². The van der Waals surface area contributed by atoms with Crippen molar-refractivity contribution in [2.75, 3.05) is 18.1 Å². The van der Waals surface area contributed by atoms with E-state index < -0.39 is 47.1 Å². The number of hydroxylamine groups is 1. The lowest BCUT2D eigenvalue weighted by Crippen LogP contribution is -2.54. The maximum atomic E-state index is 13.5. The number of halogens is 3. The number of nitrogens with zero attached hydrogens (tertiary/aromatic N) is 2. The number of ether oxygens (including phenoxy) is 1. The van der Waals surface area contributed by atoms with Gasteiger partial charge in [0.25, 0.3) is 5.91 Å². The highest BCUT2D eigenvalue weighted by molar-refractivity contribution is 7.89. The summed E-state index contributed by atoms with van der Waals surface area (Å²) < 4.78 is 73.0. The molecule has 1 unspecified atom stereocenters. The SMILES string of the molecule is CC#CCOc1ccc(S(=O)(=O)N2Cc3ccccc3N(C(=O)C(F)(F)F)CC2C(=O)NO)cc1. The fourth-order valence-electron chi connectivity index (χ4n) is 3.47. The number of hydrogen-bond donors (Lipinski definition) is 2. The molecule has 0 fully saturated rings. The number of rotatable bonds is 5. The molecule has 2 amide bonds. The van der Waals surface area contributed by atoms with E-state index in [-0.39, 0.29) is 27.7 Å². The lowest BCUT2D eigenvalue weighted by molar-refractivity contribution is -0.170. The molecule has 9 nitrogen and oxygen atoms in total. The minimum Gasteiger partial charge on any atom is -0.481 e. The van der Waals surface area contributed by atoms with Gasteiger partial charge in [-0.1, -0.05) is 24.1 Å². The molecule has 0 aromatic heterocycles. The van der Waals surface area contributed by atoms with Crippen LogP contribution in [0.3, 0.4) is 0 Å². The van der Waals surface area contributed by atoms with Crippen molar-refractivity contribution < 1.29 is 41.1 Å². The summed E-state index contributed by atoms with van der Waals surface area (Å²) in [6, 6.07) is 8.64. The normalized spacial score (nSPS) is 16.4. The molecule has 13 heteroatoms. The van der Waals surface area contributed by atoms with Crippen LogP contribution in [0.5, 0.6) is 5.75 Å². The fourth-order valence-corrected chi connectivity index (χ4v) is 5.03. The highest BCUT2D eigenvalue weighted by atomic mass is 32.2. The van der Waals surface area contributed by atoms with Gasteiger partial charge >= 0.3 is 12.1 Å². The Morgan fingerprint density at radius 2 is 1.83 bits per heavy atom. The zero-order valence-corrected chi connectivity index (χ0v) is 19.1. The summed E-state index contributed by atoms with van der Waals surface area (Å²) in [7, 11) is -4.50. The molecule has 1 aliphatic rings. The van der Waals surface area contributed by atoms with Crippen molar-refractivity contribution in [1.82, 2.24) is 9.79 Å². The maximum Gasteiger partial charge on any atom is 0.471 e. The molecule has 1 aliphatic heterocycles. The third-order valence-electron chi connectivity index (χ3n) is 5.13. The van der Waals surface area contributed by atoms with Crippen LogP contribution in [-0.4, -0.2) is 55.1 Å². The van der Waals surface area contributed by atoms with Crippen LogP contribution in [0.4, 0.5) is 18.9 Å². The molecule has 1 atom stereocenters. The molecule has 186 valence electrons. The zero-order chi connectivity index (χ0) is 25.8. The van der Waals surface area contributed by atoms with Gasteiger partial charge in [-0.05, 0) is 42.8 Å². The standard InChI is InChI=1S/C22H20F3N3O6S/c1-2-3-12-34-16-8-10-17(11-9-16)35(32,33)28-13-15-6-4-5-7-18(15)27(21(30)22(23,24)25)14-19(28)20(29)26-31/h4-11,19,31H,12-14H2,1H3,(H,26,29). The predicted octanol–water partition coefficient (Wildman–Crippen LogP) is 2.06. The smallest absolute Gasteiger partial charge is 0.471 e. The Kier molecular flexibility index (Phi) is 7.69. The van der Waals surface area contributed by atoms with Gasteiger partial charge in [0.05, 0.1) is 11.4 Å². The van der Waals surface area contributed by atoms with Crippen molar-refractivity contribution in [2.45, 2.75) is 30.6 Å². The Morgan fingerprint density at radius 3 is 2.43 bits per heavy atom. The van der Waals surface area contributed by atoms with E-state index in [4.69, 9.17) is 4.74 Å². The van der Waals surface area contributed by atoms with Crippen molar-refractivity contribution in [2.24, 2.45) is 0 Å². The summed E-state index contributed by atoms with van der Waals surface area (Å²) in [5.74, 6) is 2.05. The Bertz CT molecular complexity index is 1270. The van der Waals surface area contributed by atoms with Crippen LogP contribution in [0.1, 0.15) is 12.5 Å². The van der Waals surface area contributed by atoms with E-state index in [0.29, 0.717) is 10.1 Å². The molecule has 0 radical (unpaired) electrons. The van der Waals surface area contributed by atoms with Gasteiger partial charge in [0, 0.05) is 12.2 Å². The third kappa shape index (κ3) is 5.56. The first-order valence-corrected chi connectivity index (χ1v) is 11.5. The molecular weight excluding hydrogens is 491 g/mol. The second kappa shape index (κ2) is 10.3. The lowest BCUT2D eigenvalue weighted by Gasteiger charge is -2.29. The number of para-hydroxylation sites is 1. The molecular formula is C22H20F3N3O6S. The van der Waals surface area contributed by atoms with Crippen molar-refractivity contribution in [3.63, 3.8) is 0 Å². The first-order valence-electron chi connectivity index (χ1n) is 10.1. The maximum absolute atomic E-state index is 13.5. The molecule has 0 aliphatic carbocycles. The van der Waals surface area contributed by atoms with Crippen LogP contribution in [-0.2, 0) is 26.2 Å². The van der Waals surface area contributed by atoms with Crippen molar-refractivity contribution >= 4 is 27.5 Å². The Morgan fingerprint density at radius 1 is 1.17 bits per heavy atom. The third-order valence-corrected chi connectivity index (χ3v) is 7.00. The van der Waals surface area contributed by atoms with Crippen LogP contribution >= 0.6 is 0 Å². The Labute approximate surface area is 199 Å². The second-order valence-electron chi connectivity index (χ2n) is 7.27. The summed E-state index contributed by atoms with van der Waals surface area (Å²) in [5, 5.41) is 9.20. The van der Waals surface area contributed by atoms with Crippen LogP contribution in [0.2, 0.25) is 0 Å². The Balaban J connectivity index is 2.07. The lowest BCUT2D eigenvalue weighted by atomic mass is 10.1. The highest BCUT2D eigenvalue weighted by Gasteiger charge is 2.48. The number of sulfonamides is 1. The minimum atomic E-state index is -5.29. The number of alkyl halides is 3. The van der Waals surface area contributed by atoms with E-state index in [2.05, 4.69) is 11.8 Å². The predicted molar refractivity (Wildman–Crippen MR) is 117 cm³/mol. The highest BCUT2D eigenvalue weighted by Crippen LogP contribution is 2.34. The summed E-state index contributed by atoms with van der Waals surface area (Å²) in [5.41, 5.74) is 1.13. The number of hydrogen-bond acceptors (Lipinski definition) is 6. The summed E-state index contributed by atoms with van der Waals surface area (Å²) in [6.07, 6.45) is -5.29. The molecule has 2 aromatic carbocycles. The summed E-state index contributed by atoms with van der Waals surface area (Å²) in [6.45, 7) is 0.175. The minimum absolute atomic E-state index is 0.0556. The van der Waals surface area contributed by atoms with E-state index in [1.165, 1.54) is 54.0 Å². The molecule has 0 bridgehead atoms. The number of anilines is 1. The summed E-state index contributed by atoms with van der Waals surface area (Å²) >= 11 is 0. The topological polar surface area (TPSA) is 116 Å². The first-order chi connectivity index (χ1) is 16.5. The number of carbonyl (C=O) groups excluding carboxylic acids is 2. The second-order valence-corrected chi connectivity index (χ2v) is 9.16. The van der Waals surface area contributed by atoms with Gasteiger partial charge < -0.3 is 9.64 Å². The van der Waals surface area contributed by atoms with Crippen molar-refractivity contribution in [1.29, 1.82) is 0 Å². The van der Waals surface area contributed by atoms with Gasteiger partial charge in [0.2, 0.25) is 10.0 Å². The van der Waals surface area contributed by atoms with Gasteiger partial charge in [-0.25, -0.2) is 13.9 Å². The van der Waals surface area contributed by atoms with E-state index >= 15 is 0 Å². The van der Waals surface area contributed by atoms with E-state index in [0.717, 1.165) is 0 Å². The molecule has 2 N–H and O–H groups in total. The molecule has 2 aromatic rings. The molecule has 0 saturated heterocycles. The van der Waals surface area contributed by atoms with Gasteiger partial charge in [0.1, 0.15) is 18.4 Å². The molecule has 0 saturated carbocycles. The number of fused-ring (bicyclic) bond motifs is 1. The fraction of sp³-hybridized carbons (Fsp3) is 0.273. The average molecular weight is 511 g/mol. The number of nitrogens with one attached hydrogen (secondary N) is 1.